The number of hydrogen-bond donors (Lipinski definition) is 2. The molecule has 0 atom stereocenters. The highest BCUT2D eigenvalue weighted by molar-refractivity contribution is 6.04. The fraction of sp³-hybridized carbons (Fsp3) is 0.500. The van der Waals surface area contributed by atoms with E-state index in [1.165, 1.54) is 0 Å². The third-order valence-electron chi connectivity index (χ3n) is 5.26. The van der Waals surface area contributed by atoms with Crippen LogP contribution < -0.4 is 15.5 Å². The monoisotopic (exact) mass is 370 g/mol. The molecule has 2 N–H and O–H groups in total. The van der Waals surface area contributed by atoms with E-state index in [1.807, 2.05) is 30.3 Å². The zero-order valence-corrected chi connectivity index (χ0v) is 15.4. The average molecular weight is 370 g/mol. The molecule has 1 amide bonds. The molecular weight excluding hydrogens is 344 g/mol. The third kappa shape index (κ3) is 4.14. The Balaban J connectivity index is 1.59. The molecule has 7 nitrogen and oxygen atoms in total. The van der Waals surface area contributed by atoms with Gasteiger partial charge in [0, 0.05) is 25.2 Å². The predicted molar refractivity (Wildman–Crippen MR) is 103 cm³/mol. The second-order valence-electron chi connectivity index (χ2n) is 7.08. The molecule has 2 aliphatic heterocycles. The van der Waals surface area contributed by atoms with Crippen molar-refractivity contribution >= 4 is 11.7 Å². The van der Waals surface area contributed by atoms with Gasteiger partial charge in [-0.25, -0.2) is 0 Å². The highest BCUT2D eigenvalue weighted by atomic mass is 16.5. The van der Waals surface area contributed by atoms with Crippen LogP contribution in [0.4, 0.5) is 5.82 Å². The normalized spacial score (nSPS) is 18.4. The summed E-state index contributed by atoms with van der Waals surface area (Å²) < 4.78 is 11.1. The van der Waals surface area contributed by atoms with E-state index < -0.39 is 0 Å². The van der Waals surface area contributed by atoms with Crippen LogP contribution in [-0.2, 0) is 4.74 Å². The Morgan fingerprint density at radius 1 is 1.19 bits per heavy atom. The predicted octanol–water partition coefficient (Wildman–Crippen LogP) is 1.91. The number of anilines is 1. The van der Waals surface area contributed by atoms with Crippen LogP contribution in [0.15, 0.2) is 34.9 Å². The van der Waals surface area contributed by atoms with Gasteiger partial charge in [0.15, 0.2) is 11.6 Å². The van der Waals surface area contributed by atoms with Gasteiger partial charge in [-0.2, -0.15) is 0 Å². The Kier molecular flexibility index (Phi) is 5.69. The first kappa shape index (κ1) is 18.0. The summed E-state index contributed by atoms with van der Waals surface area (Å²) in [5, 5.41) is 10.7. The summed E-state index contributed by atoms with van der Waals surface area (Å²) in [4.78, 5) is 15.2. The zero-order chi connectivity index (χ0) is 18.5. The van der Waals surface area contributed by atoms with Gasteiger partial charge in [-0.05, 0) is 31.8 Å². The summed E-state index contributed by atoms with van der Waals surface area (Å²) in [6, 6.07) is 9.69. The van der Waals surface area contributed by atoms with Gasteiger partial charge in [0.1, 0.15) is 5.56 Å². The fourth-order valence-corrected chi connectivity index (χ4v) is 3.68. The van der Waals surface area contributed by atoms with Crippen LogP contribution in [0.5, 0.6) is 0 Å². The van der Waals surface area contributed by atoms with Crippen LogP contribution in [0, 0.1) is 5.92 Å². The number of rotatable bonds is 5. The molecule has 7 heteroatoms. The van der Waals surface area contributed by atoms with Gasteiger partial charge in [0.25, 0.3) is 5.91 Å². The zero-order valence-electron chi connectivity index (χ0n) is 15.4. The van der Waals surface area contributed by atoms with Crippen molar-refractivity contribution in [2.75, 3.05) is 50.8 Å². The minimum absolute atomic E-state index is 0.116. The highest BCUT2D eigenvalue weighted by Crippen LogP contribution is 2.31. The van der Waals surface area contributed by atoms with E-state index in [0.29, 0.717) is 55.9 Å². The first-order valence-corrected chi connectivity index (χ1v) is 9.69. The lowest BCUT2D eigenvalue weighted by atomic mass is 9.98. The molecule has 144 valence electrons. The van der Waals surface area contributed by atoms with E-state index in [4.69, 9.17) is 9.26 Å². The lowest BCUT2D eigenvalue weighted by Crippen LogP contribution is -2.39. The molecule has 2 fully saturated rings. The molecule has 2 aromatic rings. The Labute approximate surface area is 159 Å². The first-order valence-electron chi connectivity index (χ1n) is 9.69. The van der Waals surface area contributed by atoms with Gasteiger partial charge in [-0.1, -0.05) is 35.5 Å². The van der Waals surface area contributed by atoms with E-state index in [-0.39, 0.29) is 5.91 Å². The number of carbonyl (C=O) groups is 1. The van der Waals surface area contributed by atoms with Crippen molar-refractivity contribution in [3.8, 4) is 11.3 Å². The number of hydrogen-bond acceptors (Lipinski definition) is 6. The molecule has 0 saturated carbocycles. The smallest absolute Gasteiger partial charge is 0.259 e. The topological polar surface area (TPSA) is 79.6 Å². The minimum atomic E-state index is -0.116. The molecule has 0 unspecified atom stereocenters. The van der Waals surface area contributed by atoms with Gasteiger partial charge in [-0.15, -0.1) is 0 Å². The maximum absolute atomic E-state index is 13.1. The number of benzene rings is 1. The van der Waals surface area contributed by atoms with Gasteiger partial charge in [0.05, 0.1) is 13.2 Å². The molecule has 3 heterocycles. The van der Waals surface area contributed by atoms with Crippen molar-refractivity contribution in [3.63, 3.8) is 0 Å². The van der Waals surface area contributed by atoms with Gasteiger partial charge in [0.2, 0.25) is 0 Å². The van der Waals surface area contributed by atoms with Gasteiger partial charge < -0.3 is 24.8 Å². The number of carbonyl (C=O) groups excluding carboxylic acids is 1. The van der Waals surface area contributed by atoms with Crippen LogP contribution in [-0.4, -0.2) is 57.0 Å². The highest BCUT2D eigenvalue weighted by Gasteiger charge is 2.29. The largest absolute Gasteiger partial charge is 0.378 e. The SMILES string of the molecule is O=C(NCC1CCNCC1)c1c(N2CCOCC2)noc1-c1ccccc1. The van der Waals surface area contributed by atoms with E-state index >= 15 is 0 Å². The first-order chi connectivity index (χ1) is 13.3. The van der Waals surface area contributed by atoms with Gasteiger partial charge >= 0.3 is 0 Å². The van der Waals surface area contributed by atoms with Crippen molar-refractivity contribution in [2.24, 2.45) is 5.92 Å². The van der Waals surface area contributed by atoms with Crippen LogP contribution in [0.1, 0.15) is 23.2 Å². The molecule has 0 bridgehead atoms. The summed E-state index contributed by atoms with van der Waals surface area (Å²) >= 11 is 0. The average Bonchev–Trinajstić information content (AvgIpc) is 3.19. The minimum Gasteiger partial charge on any atom is -0.378 e. The van der Waals surface area contributed by atoms with Crippen LogP contribution in [0.3, 0.4) is 0 Å². The summed E-state index contributed by atoms with van der Waals surface area (Å²) in [5.41, 5.74) is 1.38. The maximum atomic E-state index is 13.1. The van der Waals surface area contributed by atoms with Crippen LogP contribution >= 0.6 is 0 Å². The molecule has 0 aliphatic carbocycles. The third-order valence-corrected chi connectivity index (χ3v) is 5.26. The maximum Gasteiger partial charge on any atom is 0.259 e. The lowest BCUT2D eigenvalue weighted by Gasteiger charge is -2.27. The standard InChI is InChI=1S/C20H26N4O3/c25-20(22-14-15-6-8-21-9-7-15)17-18(16-4-2-1-3-5-16)27-23-19(17)24-10-12-26-13-11-24/h1-5,15,21H,6-14H2,(H,22,25). The number of nitrogens with one attached hydrogen (secondary N) is 2. The molecule has 0 spiro atoms. The Bertz CT molecular complexity index is 750. The Morgan fingerprint density at radius 3 is 2.67 bits per heavy atom. The number of aromatic nitrogens is 1. The molecule has 0 radical (unpaired) electrons. The summed E-state index contributed by atoms with van der Waals surface area (Å²) in [7, 11) is 0. The molecular formula is C20H26N4O3. The molecule has 27 heavy (non-hydrogen) atoms. The van der Waals surface area contributed by atoms with Crippen LogP contribution in [0.2, 0.25) is 0 Å². The van der Waals surface area contributed by atoms with Crippen molar-refractivity contribution in [2.45, 2.75) is 12.8 Å². The van der Waals surface area contributed by atoms with Crippen molar-refractivity contribution in [1.29, 1.82) is 0 Å². The second-order valence-corrected chi connectivity index (χ2v) is 7.08. The van der Waals surface area contributed by atoms with E-state index in [2.05, 4.69) is 20.7 Å². The van der Waals surface area contributed by atoms with Crippen molar-refractivity contribution in [1.82, 2.24) is 15.8 Å². The fourth-order valence-electron chi connectivity index (χ4n) is 3.68. The number of nitrogens with zero attached hydrogens (tertiary/aromatic N) is 2. The molecule has 2 aliphatic rings. The summed E-state index contributed by atoms with van der Waals surface area (Å²) in [5.74, 6) is 1.54. The molecule has 2 saturated heterocycles. The van der Waals surface area contributed by atoms with Gasteiger partial charge in [-0.3, -0.25) is 4.79 Å². The quantitative estimate of drug-likeness (QED) is 0.837. The Hall–Kier alpha value is -2.38. The molecule has 1 aromatic heterocycles. The van der Waals surface area contributed by atoms with Crippen molar-refractivity contribution in [3.05, 3.63) is 35.9 Å². The van der Waals surface area contributed by atoms with Crippen LogP contribution in [0.25, 0.3) is 11.3 Å². The Morgan fingerprint density at radius 2 is 1.93 bits per heavy atom. The number of morpholine rings is 1. The summed E-state index contributed by atoms with van der Waals surface area (Å²) in [6.45, 7) is 5.38. The number of piperidine rings is 1. The molecule has 1 aromatic carbocycles. The van der Waals surface area contributed by atoms with Crippen molar-refractivity contribution < 1.29 is 14.1 Å². The molecule has 4 rings (SSSR count). The number of ether oxygens (including phenoxy) is 1. The van der Waals surface area contributed by atoms with E-state index in [9.17, 15) is 4.79 Å². The number of amides is 1. The summed E-state index contributed by atoms with van der Waals surface area (Å²) in [6.07, 6.45) is 2.18. The second kappa shape index (κ2) is 8.54. The van der Waals surface area contributed by atoms with E-state index in [0.717, 1.165) is 31.5 Å². The lowest BCUT2D eigenvalue weighted by molar-refractivity contribution is 0.0943. The van der Waals surface area contributed by atoms with E-state index in [1.54, 1.807) is 0 Å².